The van der Waals surface area contributed by atoms with Crippen molar-refractivity contribution >= 4 is 0 Å². The van der Waals surface area contributed by atoms with Gasteiger partial charge in [-0.25, -0.2) is 0 Å². The van der Waals surface area contributed by atoms with E-state index in [0.717, 1.165) is 6.61 Å². The molecule has 0 spiro atoms. The van der Waals surface area contributed by atoms with Gasteiger partial charge in [-0.3, -0.25) is 0 Å². The van der Waals surface area contributed by atoms with E-state index in [-0.39, 0.29) is 0 Å². The summed E-state index contributed by atoms with van der Waals surface area (Å²) in [5, 5.41) is 3.56. The fourth-order valence-corrected chi connectivity index (χ4v) is 1.86. The van der Waals surface area contributed by atoms with Gasteiger partial charge in [-0.1, -0.05) is 20.3 Å². The zero-order valence-electron chi connectivity index (χ0n) is 9.94. The van der Waals surface area contributed by atoms with E-state index < -0.39 is 0 Å². The zero-order chi connectivity index (χ0) is 10.4. The molecule has 0 saturated heterocycles. The molecule has 0 aromatic carbocycles. The molecule has 1 aliphatic rings. The fraction of sp³-hybridized carbons (Fsp3) is 1.00. The summed E-state index contributed by atoms with van der Waals surface area (Å²) in [5.41, 5.74) is 0.665. The molecule has 2 heteroatoms. The van der Waals surface area contributed by atoms with Gasteiger partial charge in [0.2, 0.25) is 0 Å². The molecular weight excluding hydrogens is 174 g/mol. The normalized spacial score (nSPS) is 18.9. The Morgan fingerprint density at radius 2 is 2.00 bits per heavy atom. The highest BCUT2D eigenvalue weighted by atomic mass is 16.5. The van der Waals surface area contributed by atoms with E-state index in [4.69, 9.17) is 4.74 Å². The maximum atomic E-state index is 5.06. The van der Waals surface area contributed by atoms with Crippen LogP contribution >= 0.6 is 0 Å². The smallest absolute Gasteiger partial charge is 0.0462 e. The van der Waals surface area contributed by atoms with Crippen LogP contribution in [0, 0.1) is 5.41 Å². The van der Waals surface area contributed by atoms with Crippen LogP contribution in [0.1, 0.15) is 46.0 Å². The van der Waals surface area contributed by atoms with E-state index in [9.17, 15) is 0 Å². The van der Waals surface area contributed by atoms with Crippen LogP contribution in [0.2, 0.25) is 0 Å². The number of methoxy groups -OCH3 is 1. The number of nitrogens with one attached hydrogen (secondary N) is 1. The maximum Gasteiger partial charge on any atom is 0.0462 e. The Morgan fingerprint density at radius 3 is 2.50 bits per heavy atom. The molecule has 0 heterocycles. The van der Waals surface area contributed by atoms with Gasteiger partial charge in [-0.05, 0) is 31.1 Å². The molecule has 0 aromatic rings. The summed E-state index contributed by atoms with van der Waals surface area (Å²) in [6, 6.07) is 0.631. The van der Waals surface area contributed by atoms with E-state index >= 15 is 0 Å². The number of rotatable bonds is 8. The fourth-order valence-electron chi connectivity index (χ4n) is 1.86. The molecule has 0 aliphatic heterocycles. The molecular formula is C12H25NO. The monoisotopic (exact) mass is 199 g/mol. The van der Waals surface area contributed by atoms with Crippen LogP contribution in [0.4, 0.5) is 0 Å². The van der Waals surface area contributed by atoms with Crippen molar-refractivity contribution < 1.29 is 4.74 Å². The van der Waals surface area contributed by atoms with Gasteiger partial charge in [0.25, 0.3) is 0 Å². The summed E-state index contributed by atoms with van der Waals surface area (Å²) in [6.07, 6.45) is 6.79. The van der Waals surface area contributed by atoms with E-state index in [0.29, 0.717) is 11.5 Å². The molecule has 1 rings (SSSR count). The second kappa shape index (κ2) is 5.72. The molecule has 0 aromatic heterocycles. The molecule has 14 heavy (non-hydrogen) atoms. The van der Waals surface area contributed by atoms with Crippen LogP contribution < -0.4 is 5.32 Å². The Hall–Kier alpha value is -0.0800. The molecule has 1 saturated carbocycles. The van der Waals surface area contributed by atoms with Crippen LogP contribution in [0.25, 0.3) is 0 Å². The molecule has 1 fully saturated rings. The molecule has 0 amide bonds. The Morgan fingerprint density at radius 1 is 1.29 bits per heavy atom. The Labute approximate surface area is 88.4 Å². The van der Waals surface area contributed by atoms with Gasteiger partial charge in [0.15, 0.2) is 0 Å². The van der Waals surface area contributed by atoms with Gasteiger partial charge >= 0.3 is 0 Å². The minimum Gasteiger partial charge on any atom is -0.385 e. The van der Waals surface area contributed by atoms with Crippen molar-refractivity contribution in [3.05, 3.63) is 0 Å². The van der Waals surface area contributed by atoms with Gasteiger partial charge < -0.3 is 10.1 Å². The second-order valence-electron chi connectivity index (χ2n) is 4.99. The van der Waals surface area contributed by atoms with Crippen molar-refractivity contribution in [3.63, 3.8) is 0 Å². The van der Waals surface area contributed by atoms with Gasteiger partial charge in [-0.15, -0.1) is 0 Å². The zero-order valence-corrected chi connectivity index (χ0v) is 9.94. The predicted octanol–water partition coefficient (Wildman–Crippen LogP) is 2.58. The lowest BCUT2D eigenvalue weighted by Crippen LogP contribution is -2.29. The van der Waals surface area contributed by atoms with Crippen molar-refractivity contribution in [2.75, 3.05) is 20.3 Å². The van der Waals surface area contributed by atoms with Gasteiger partial charge in [0, 0.05) is 26.3 Å². The predicted molar refractivity (Wildman–Crippen MR) is 60.5 cm³/mol. The van der Waals surface area contributed by atoms with Crippen LogP contribution in [-0.2, 0) is 4.74 Å². The summed E-state index contributed by atoms with van der Waals surface area (Å²) in [6.45, 7) is 6.59. The molecule has 0 bridgehead atoms. The summed E-state index contributed by atoms with van der Waals surface area (Å²) < 4.78 is 5.06. The number of unbranched alkanes of at least 4 members (excludes halogenated alkanes) is 1. The molecule has 0 atom stereocenters. The van der Waals surface area contributed by atoms with Crippen molar-refractivity contribution in [2.45, 2.75) is 52.0 Å². The summed E-state index contributed by atoms with van der Waals surface area (Å²) in [4.78, 5) is 0. The average Bonchev–Trinajstić information content (AvgIpc) is 2.91. The Kier molecular flexibility index (Phi) is 4.90. The van der Waals surface area contributed by atoms with Crippen molar-refractivity contribution in [3.8, 4) is 0 Å². The highest BCUT2D eigenvalue weighted by molar-refractivity contribution is 4.94. The molecule has 0 radical (unpaired) electrons. The van der Waals surface area contributed by atoms with Crippen LogP contribution in [-0.4, -0.2) is 26.3 Å². The summed E-state index contributed by atoms with van der Waals surface area (Å²) >= 11 is 0. The molecule has 2 nitrogen and oxygen atoms in total. The lowest BCUT2D eigenvalue weighted by atomic mass is 9.99. The topological polar surface area (TPSA) is 21.3 Å². The van der Waals surface area contributed by atoms with Crippen LogP contribution in [0.5, 0.6) is 0 Å². The van der Waals surface area contributed by atoms with Gasteiger partial charge in [-0.2, -0.15) is 0 Å². The maximum absolute atomic E-state index is 5.06. The number of hydrogen-bond donors (Lipinski definition) is 1. The van der Waals surface area contributed by atoms with Gasteiger partial charge in [0.1, 0.15) is 0 Å². The number of hydrogen-bond acceptors (Lipinski definition) is 2. The Balaban J connectivity index is 2.04. The summed E-state index contributed by atoms with van der Waals surface area (Å²) in [7, 11) is 1.78. The lowest BCUT2D eigenvalue weighted by Gasteiger charge is -2.17. The van der Waals surface area contributed by atoms with E-state index in [1.807, 2.05) is 0 Å². The van der Waals surface area contributed by atoms with E-state index in [2.05, 4.69) is 19.2 Å². The minimum atomic E-state index is 0.631. The van der Waals surface area contributed by atoms with E-state index in [1.165, 1.54) is 38.6 Å². The SMILES string of the molecule is COCCCCC1(CNC(C)C)CC1. The number of ether oxygens (including phenoxy) is 1. The van der Waals surface area contributed by atoms with Crippen LogP contribution in [0.15, 0.2) is 0 Å². The average molecular weight is 199 g/mol. The van der Waals surface area contributed by atoms with Gasteiger partial charge in [0.05, 0.1) is 0 Å². The largest absolute Gasteiger partial charge is 0.385 e. The first kappa shape index (κ1) is 12.0. The lowest BCUT2D eigenvalue weighted by molar-refractivity contribution is 0.189. The summed E-state index contributed by atoms with van der Waals surface area (Å²) in [5.74, 6) is 0. The highest BCUT2D eigenvalue weighted by Crippen LogP contribution is 2.49. The quantitative estimate of drug-likeness (QED) is 0.607. The molecule has 1 N–H and O–H groups in total. The third kappa shape index (κ3) is 4.43. The second-order valence-corrected chi connectivity index (χ2v) is 4.99. The van der Waals surface area contributed by atoms with Crippen molar-refractivity contribution in [1.82, 2.24) is 5.32 Å². The Bertz CT molecular complexity index is 152. The standard InChI is InChI=1S/C12H25NO/c1-11(2)13-10-12(7-8-12)6-4-5-9-14-3/h11,13H,4-10H2,1-3H3. The third-order valence-corrected chi connectivity index (χ3v) is 3.15. The molecule has 84 valence electrons. The van der Waals surface area contributed by atoms with Crippen molar-refractivity contribution in [2.24, 2.45) is 5.41 Å². The first-order chi connectivity index (χ1) is 6.68. The molecule has 0 unspecified atom stereocenters. The first-order valence-electron chi connectivity index (χ1n) is 5.91. The first-order valence-corrected chi connectivity index (χ1v) is 5.91. The third-order valence-electron chi connectivity index (χ3n) is 3.15. The van der Waals surface area contributed by atoms with Crippen molar-refractivity contribution in [1.29, 1.82) is 0 Å². The van der Waals surface area contributed by atoms with E-state index in [1.54, 1.807) is 7.11 Å². The highest BCUT2D eigenvalue weighted by Gasteiger charge is 2.41. The molecule has 1 aliphatic carbocycles. The van der Waals surface area contributed by atoms with Crippen LogP contribution in [0.3, 0.4) is 0 Å². The minimum absolute atomic E-state index is 0.631.